The van der Waals surface area contributed by atoms with Crippen LogP contribution in [0.3, 0.4) is 0 Å². The first-order valence-electron chi connectivity index (χ1n) is 8.66. The van der Waals surface area contributed by atoms with E-state index in [0.717, 1.165) is 17.0 Å². The standard InChI is InChI=1S/C18H15F3N4O5S/c1-11(26)23-15-8-12(6-7-22-15)9-24-10-16(27)25(17(24)28)13-2-4-14(5-3-13)31(29,30)18(19,20)21/h2-8H,9-10H2,1H3,(H,22,23,26). The summed E-state index contributed by atoms with van der Waals surface area (Å²) >= 11 is 0. The lowest BCUT2D eigenvalue weighted by molar-refractivity contribution is -0.116. The highest BCUT2D eigenvalue weighted by Crippen LogP contribution is 2.32. The number of nitrogens with one attached hydrogen (secondary N) is 1. The Kier molecular flexibility index (Phi) is 5.72. The maximum absolute atomic E-state index is 12.7. The van der Waals surface area contributed by atoms with Crippen LogP contribution in [0, 0.1) is 0 Å². The Morgan fingerprint density at radius 3 is 2.39 bits per heavy atom. The van der Waals surface area contributed by atoms with Crippen LogP contribution in [0.15, 0.2) is 47.5 Å². The summed E-state index contributed by atoms with van der Waals surface area (Å²) in [6, 6.07) is 5.67. The molecule has 0 spiro atoms. The zero-order chi connectivity index (χ0) is 23.0. The molecule has 0 unspecified atom stereocenters. The van der Waals surface area contributed by atoms with Crippen LogP contribution in [-0.4, -0.2) is 48.2 Å². The van der Waals surface area contributed by atoms with Crippen molar-refractivity contribution in [2.75, 3.05) is 16.8 Å². The molecule has 13 heteroatoms. The molecule has 2 heterocycles. The smallest absolute Gasteiger partial charge is 0.311 e. The van der Waals surface area contributed by atoms with Gasteiger partial charge in [-0.15, -0.1) is 0 Å². The number of rotatable bonds is 5. The molecule has 31 heavy (non-hydrogen) atoms. The molecule has 4 amide bonds. The Morgan fingerprint density at radius 1 is 1.16 bits per heavy atom. The highest BCUT2D eigenvalue weighted by Gasteiger charge is 2.47. The van der Waals surface area contributed by atoms with Crippen molar-refractivity contribution in [2.24, 2.45) is 0 Å². The molecule has 1 N–H and O–H groups in total. The summed E-state index contributed by atoms with van der Waals surface area (Å²) < 4.78 is 60.9. The molecular weight excluding hydrogens is 441 g/mol. The van der Waals surface area contributed by atoms with Crippen molar-refractivity contribution in [2.45, 2.75) is 23.9 Å². The molecule has 0 radical (unpaired) electrons. The van der Waals surface area contributed by atoms with Crippen molar-refractivity contribution in [3.05, 3.63) is 48.2 Å². The van der Waals surface area contributed by atoms with Gasteiger partial charge in [0.15, 0.2) is 0 Å². The van der Waals surface area contributed by atoms with Gasteiger partial charge in [-0.05, 0) is 42.0 Å². The number of sulfone groups is 1. The lowest BCUT2D eigenvalue weighted by atomic mass is 10.2. The molecule has 164 valence electrons. The fraction of sp³-hybridized carbons (Fsp3) is 0.222. The van der Waals surface area contributed by atoms with Gasteiger partial charge in [0.1, 0.15) is 12.4 Å². The van der Waals surface area contributed by atoms with Crippen molar-refractivity contribution in [1.29, 1.82) is 0 Å². The molecule has 1 saturated heterocycles. The highest BCUT2D eigenvalue weighted by molar-refractivity contribution is 7.92. The number of carbonyl (C=O) groups is 3. The summed E-state index contributed by atoms with van der Waals surface area (Å²) in [5, 5.41) is 2.49. The lowest BCUT2D eigenvalue weighted by Crippen LogP contribution is -2.32. The van der Waals surface area contributed by atoms with E-state index >= 15 is 0 Å². The van der Waals surface area contributed by atoms with Crippen LogP contribution in [0.2, 0.25) is 0 Å². The number of halogens is 3. The van der Waals surface area contributed by atoms with E-state index in [1.807, 2.05) is 0 Å². The Morgan fingerprint density at radius 2 is 1.81 bits per heavy atom. The van der Waals surface area contributed by atoms with Gasteiger partial charge in [0.05, 0.1) is 10.6 Å². The van der Waals surface area contributed by atoms with E-state index in [9.17, 15) is 36.0 Å². The second-order valence-corrected chi connectivity index (χ2v) is 8.48. The van der Waals surface area contributed by atoms with Gasteiger partial charge in [-0.1, -0.05) is 0 Å². The minimum atomic E-state index is -5.54. The van der Waals surface area contributed by atoms with Gasteiger partial charge in [0.2, 0.25) is 5.91 Å². The second-order valence-electron chi connectivity index (χ2n) is 6.54. The largest absolute Gasteiger partial charge is 0.501 e. The van der Waals surface area contributed by atoms with Crippen LogP contribution in [0.5, 0.6) is 0 Å². The van der Waals surface area contributed by atoms with Gasteiger partial charge >= 0.3 is 11.5 Å². The molecule has 1 aliphatic rings. The molecule has 0 atom stereocenters. The zero-order valence-electron chi connectivity index (χ0n) is 15.9. The Hall–Kier alpha value is -3.48. The molecule has 1 aliphatic heterocycles. The van der Waals surface area contributed by atoms with Gasteiger partial charge in [-0.2, -0.15) is 13.2 Å². The summed E-state index contributed by atoms with van der Waals surface area (Å²) in [6.07, 6.45) is 1.42. The normalized spacial score (nSPS) is 14.8. The predicted molar refractivity (Wildman–Crippen MR) is 102 cm³/mol. The number of imide groups is 1. The van der Waals surface area contributed by atoms with Gasteiger partial charge in [-0.25, -0.2) is 23.1 Å². The van der Waals surface area contributed by atoms with Gasteiger partial charge in [-0.3, -0.25) is 9.59 Å². The number of hydrogen-bond acceptors (Lipinski definition) is 6. The van der Waals surface area contributed by atoms with E-state index in [4.69, 9.17) is 0 Å². The maximum atomic E-state index is 12.7. The summed E-state index contributed by atoms with van der Waals surface area (Å²) in [5.41, 5.74) is -4.95. The average Bonchev–Trinajstić information content (AvgIpc) is 2.94. The number of pyridine rings is 1. The third-order valence-electron chi connectivity index (χ3n) is 4.25. The van der Waals surface area contributed by atoms with E-state index in [0.29, 0.717) is 17.7 Å². The van der Waals surface area contributed by atoms with Crippen LogP contribution in [0.25, 0.3) is 0 Å². The minimum absolute atomic E-state index is 0.0106. The van der Waals surface area contributed by atoms with Crippen LogP contribution in [-0.2, 0) is 26.0 Å². The van der Waals surface area contributed by atoms with E-state index in [-0.39, 0.29) is 30.5 Å². The first-order chi connectivity index (χ1) is 14.4. The van der Waals surface area contributed by atoms with E-state index in [2.05, 4.69) is 10.3 Å². The number of urea groups is 1. The van der Waals surface area contributed by atoms with Crippen molar-refractivity contribution in [3.8, 4) is 0 Å². The number of anilines is 2. The number of hydrogen-bond donors (Lipinski definition) is 1. The van der Waals surface area contributed by atoms with Gasteiger partial charge < -0.3 is 10.2 Å². The third-order valence-corrected chi connectivity index (χ3v) is 5.75. The first kappa shape index (κ1) is 22.2. The van der Waals surface area contributed by atoms with E-state index in [1.54, 1.807) is 6.07 Å². The molecule has 9 nitrogen and oxygen atoms in total. The minimum Gasteiger partial charge on any atom is -0.311 e. The SMILES string of the molecule is CC(=O)Nc1cc(CN2CC(=O)N(c3ccc(S(=O)(=O)C(F)(F)F)cc3)C2=O)ccn1. The summed E-state index contributed by atoms with van der Waals surface area (Å²) in [4.78, 5) is 41.0. The molecule has 0 saturated carbocycles. The van der Waals surface area contributed by atoms with Crippen molar-refractivity contribution < 1.29 is 36.0 Å². The number of carbonyl (C=O) groups excluding carboxylic acids is 3. The van der Waals surface area contributed by atoms with Crippen molar-refractivity contribution in [3.63, 3.8) is 0 Å². The Bertz CT molecular complexity index is 1150. The van der Waals surface area contributed by atoms with E-state index < -0.39 is 32.2 Å². The van der Waals surface area contributed by atoms with Crippen LogP contribution >= 0.6 is 0 Å². The quantitative estimate of drug-likeness (QED) is 0.690. The number of amides is 4. The van der Waals surface area contributed by atoms with Crippen LogP contribution in [0.1, 0.15) is 12.5 Å². The molecule has 2 aromatic rings. The molecular formula is C18H15F3N4O5S. The monoisotopic (exact) mass is 456 g/mol. The topological polar surface area (TPSA) is 117 Å². The molecule has 1 fully saturated rings. The number of nitrogens with zero attached hydrogens (tertiary/aromatic N) is 3. The Balaban J connectivity index is 1.79. The van der Waals surface area contributed by atoms with Crippen molar-refractivity contribution in [1.82, 2.24) is 9.88 Å². The first-order valence-corrected chi connectivity index (χ1v) is 10.1. The number of benzene rings is 1. The summed E-state index contributed by atoms with van der Waals surface area (Å²) in [6.45, 7) is 1.02. The van der Waals surface area contributed by atoms with Crippen LogP contribution in [0.4, 0.5) is 29.5 Å². The molecule has 0 bridgehead atoms. The van der Waals surface area contributed by atoms with Gasteiger partial charge in [0, 0.05) is 19.7 Å². The molecule has 1 aromatic heterocycles. The third kappa shape index (κ3) is 4.50. The van der Waals surface area contributed by atoms with Crippen molar-refractivity contribution >= 4 is 39.2 Å². The number of aromatic nitrogens is 1. The fourth-order valence-electron chi connectivity index (χ4n) is 2.88. The average molecular weight is 456 g/mol. The Labute approximate surface area is 174 Å². The lowest BCUT2D eigenvalue weighted by Gasteiger charge is -2.18. The second kappa shape index (κ2) is 7.98. The predicted octanol–water partition coefficient (Wildman–Crippen LogP) is 2.30. The summed E-state index contributed by atoms with van der Waals surface area (Å²) in [5.74, 6) is -0.701. The molecule has 0 aliphatic carbocycles. The highest BCUT2D eigenvalue weighted by atomic mass is 32.2. The van der Waals surface area contributed by atoms with E-state index in [1.165, 1.54) is 24.1 Å². The summed E-state index contributed by atoms with van der Waals surface area (Å²) in [7, 11) is -5.54. The maximum Gasteiger partial charge on any atom is 0.501 e. The zero-order valence-corrected chi connectivity index (χ0v) is 16.7. The van der Waals surface area contributed by atoms with Gasteiger partial charge in [0.25, 0.3) is 15.7 Å². The molecule has 3 rings (SSSR count). The van der Waals surface area contributed by atoms with Crippen LogP contribution < -0.4 is 10.2 Å². The fourth-order valence-corrected chi connectivity index (χ4v) is 3.64. The molecule has 1 aromatic carbocycles. The number of alkyl halides is 3.